The van der Waals surface area contributed by atoms with E-state index in [-0.39, 0.29) is 0 Å². The Balaban J connectivity index is 3.45. The van der Waals surface area contributed by atoms with Crippen LogP contribution in [0.3, 0.4) is 0 Å². The molecule has 2 unspecified atom stereocenters. The quantitative estimate of drug-likeness (QED) is 0.463. The first-order chi connectivity index (χ1) is 6.72. The summed E-state index contributed by atoms with van der Waals surface area (Å²) in [5.74, 6) is 4.25. The van der Waals surface area contributed by atoms with Crippen LogP contribution in [0.4, 0.5) is 0 Å². The molecular formula is C13H25N. The summed E-state index contributed by atoms with van der Waals surface area (Å²) in [6.07, 6.45) is 9.82. The van der Waals surface area contributed by atoms with Gasteiger partial charge in [0.15, 0.2) is 0 Å². The highest BCUT2D eigenvalue weighted by Gasteiger charge is 2.10. The van der Waals surface area contributed by atoms with Gasteiger partial charge in [0.25, 0.3) is 0 Å². The number of rotatable bonds is 8. The summed E-state index contributed by atoms with van der Waals surface area (Å²) in [5, 5.41) is 3.47. The number of hydrogen-bond acceptors (Lipinski definition) is 1. The molecule has 0 aliphatic carbocycles. The molecule has 0 radical (unpaired) electrons. The summed E-state index contributed by atoms with van der Waals surface area (Å²) in [4.78, 5) is 0. The Morgan fingerprint density at radius 3 is 2.57 bits per heavy atom. The first-order valence-electron chi connectivity index (χ1n) is 5.86. The fourth-order valence-corrected chi connectivity index (χ4v) is 1.52. The van der Waals surface area contributed by atoms with Crippen molar-refractivity contribution in [3.8, 4) is 12.3 Å². The minimum absolute atomic E-state index is 0.763. The van der Waals surface area contributed by atoms with Crippen molar-refractivity contribution in [3.05, 3.63) is 0 Å². The summed E-state index contributed by atoms with van der Waals surface area (Å²) in [5.41, 5.74) is 0. The Kier molecular flexibility index (Phi) is 8.78. The maximum Gasteiger partial charge on any atom is 0.00861 e. The summed E-state index contributed by atoms with van der Waals surface area (Å²) in [6.45, 7) is 9.14. The largest absolute Gasteiger partial charge is 0.316 e. The van der Waals surface area contributed by atoms with E-state index < -0.39 is 0 Å². The van der Waals surface area contributed by atoms with Gasteiger partial charge >= 0.3 is 0 Å². The fourth-order valence-electron chi connectivity index (χ4n) is 1.52. The van der Waals surface area contributed by atoms with Gasteiger partial charge in [0, 0.05) is 6.42 Å². The van der Waals surface area contributed by atoms with Gasteiger partial charge in [0.1, 0.15) is 0 Å². The van der Waals surface area contributed by atoms with Crippen LogP contribution in [0.2, 0.25) is 0 Å². The van der Waals surface area contributed by atoms with Gasteiger partial charge in [-0.3, -0.25) is 0 Å². The standard InChI is InChI=1S/C13H25N/c1-5-7-8-9-12(3)13(4)11-14-10-6-2/h1,12-14H,6-11H2,2-4H3. The van der Waals surface area contributed by atoms with E-state index in [0.29, 0.717) is 0 Å². The van der Waals surface area contributed by atoms with Gasteiger partial charge in [-0.2, -0.15) is 0 Å². The molecule has 14 heavy (non-hydrogen) atoms. The molecule has 0 rings (SSSR count). The molecule has 0 bridgehead atoms. The molecule has 2 atom stereocenters. The monoisotopic (exact) mass is 195 g/mol. The fraction of sp³-hybridized carbons (Fsp3) is 0.846. The average Bonchev–Trinajstić information content (AvgIpc) is 2.18. The minimum atomic E-state index is 0.763. The summed E-state index contributed by atoms with van der Waals surface area (Å²) >= 11 is 0. The highest BCUT2D eigenvalue weighted by molar-refractivity contribution is 4.83. The van der Waals surface area contributed by atoms with Crippen LogP contribution in [0.1, 0.15) is 46.5 Å². The number of nitrogens with one attached hydrogen (secondary N) is 1. The predicted octanol–water partition coefficient (Wildman–Crippen LogP) is 3.06. The summed E-state index contributed by atoms with van der Waals surface area (Å²) in [7, 11) is 0. The number of terminal acetylenes is 1. The van der Waals surface area contributed by atoms with Crippen molar-refractivity contribution in [1.82, 2.24) is 5.32 Å². The van der Waals surface area contributed by atoms with E-state index in [9.17, 15) is 0 Å². The molecular weight excluding hydrogens is 170 g/mol. The van der Waals surface area contributed by atoms with Gasteiger partial charge in [-0.15, -0.1) is 12.3 Å². The van der Waals surface area contributed by atoms with Crippen LogP contribution in [0.15, 0.2) is 0 Å². The molecule has 1 heteroatoms. The van der Waals surface area contributed by atoms with Crippen molar-refractivity contribution in [3.63, 3.8) is 0 Å². The van der Waals surface area contributed by atoms with Gasteiger partial charge in [0.2, 0.25) is 0 Å². The summed E-state index contributed by atoms with van der Waals surface area (Å²) < 4.78 is 0. The van der Waals surface area contributed by atoms with E-state index in [1.165, 1.54) is 19.3 Å². The molecule has 0 saturated carbocycles. The third-order valence-corrected chi connectivity index (χ3v) is 2.85. The van der Waals surface area contributed by atoms with Gasteiger partial charge < -0.3 is 5.32 Å². The highest BCUT2D eigenvalue weighted by Crippen LogP contribution is 2.16. The zero-order chi connectivity index (χ0) is 10.8. The Hall–Kier alpha value is -0.480. The molecule has 1 N–H and O–H groups in total. The highest BCUT2D eigenvalue weighted by atomic mass is 14.8. The molecule has 82 valence electrons. The third-order valence-electron chi connectivity index (χ3n) is 2.85. The maximum atomic E-state index is 5.23. The van der Waals surface area contributed by atoms with Crippen molar-refractivity contribution in [1.29, 1.82) is 0 Å². The molecule has 0 saturated heterocycles. The second-order valence-electron chi connectivity index (χ2n) is 4.26. The second-order valence-corrected chi connectivity index (χ2v) is 4.26. The van der Waals surface area contributed by atoms with E-state index in [0.717, 1.165) is 31.3 Å². The van der Waals surface area contributed by atoms with E-state index in [1.54, 1.807) is 0 Å². The zero-order valence-electron chi connectivity index (χ0n) is 9.97. The van der Waals surface area contributed by atoms with Crippen LogP contribution in [0.5, 0.6) is 0 Å². The number of unbranched alkanes of at least 4 members (excludes halogenated alkanes) is 1. The Morgan fingerprint density at radius 2 is 2.00 bits per heavy atom. The molecule has 0 fully saturated rings. The smallest absolute Gasteiger partial charge is 0.00861 e. The Bertz CT molecular complexity index is 157. The van der Waals surface area contributed by atoms with Crippen LogP contribution < -0.4 is 5.32 Å². The van der Waals surface area contributed by atoms with E-state index in [4.69, 9.17) is 6.42 Å². The summed E-state index contributed by atoms with van der Waals surface area (Å²) in [6, 6.07) is 0. The average molecular weight is 195 g/mol. The molecule has 0 aliphatic rings. The lowest BCUT2D eigenvalue weighted by molar-refractivity contribution is 0.342. The van der Waals surface area contributed by atoms with Crippen LogP contribution in [-0.2, 0) is 0 Å². The molecule has 0 aromatic rings. The lowest BCUT2D eigenvalue weighted by Crippen LogP contribution is -2.25. The lowest BCUT2D eigenvalue weighted by Gasteiger charge is -2.19. The van der Waals surface area contributed by atoms with Gasteiger partial charge in [0.05, 0.1) is 0 Å². The molecule has 0 spiro atoms. The Labute approximate surface area is 89.7 Å². The number of hydrogen-bond donors (Lipinski definition) is 1. The topological polar surface area (TPSA) is 12.0 Å². The van der Waals surface area contributed by atoms with Crippen molar-refractivity contribution >= 4 is 0 Å². The molecule has 0 aromatic carbocycles. The van der Waals surface area contributed by atoms with Crippen LogP contribution in [-0.4, -0.2) is 13.1 Å². The molecule has 0 amide bonds. The second kappa shape index (κ2) is 9.09. The van der Waals surface area contributed by atoms with Gasteiger partial charge in [-0.05, 0) is 44.2 Å². The predicted molar refractivity (Wildman–Crippen MR) is 64.2 cm³/mol. The SMILES string of the molecule is C#CCCCC(C)C(C)CNCCC. The molecule has 1 nitrogen and oxygen atoms in total. The van der Waals surface area contributed by atoms with Crippen LogP contribution in [0.25, 0.3) is 0 Å². The van der Waals surface area contributed by atoms with E-state index >= 15 is 0 Å². The van der Waals surface area contributed by atoms with Crippen molar-refractivity contribution in [2.45, 2.75) is 46.5 Å². The Morgan fingerprint density at radius 1 is 1.29 bits per heavy atom. The molecule has 0 heterocycles. The van der Waals surface area contributed by atoms with Crippen molar-refractivity contribution in [2.24, 2.45) is 11.8 Å². The lowest BCUT2D eigenvalue weighted by atomic mass is 9.91. The first-order valence-corrected chi connectivity index (χ1v) is 5.86. The van der Waals surface area contributed by atoms with E-state index in [1.807, 2.05) is 0 Å². The van der Waals surface area contributed by atoms with Crippen LogP contribution in [0, 0.1) is 24.2 Å². The molecule has 0 aliphatic heterocycles. The minimum Gasteiger partial charge on any atom is -0.316 e. The zero-order valence-corrected chi connectivity index (χ0v) is 9.97. The van der Waals surface area contributed by atoms with Gasteiger partial charge in [-0.25, -0.2) is 0 Å². The van der Waals surface area contributed by atoms with Crippen molar-refractivity contribution in [2.75, 3.05) is 13.1 Å². The van der Waals surface area contributed by atoms with E-state index in [2.05, 4.69) is 32.0 Å². The van der Waals surface area contributed by atoms with Crippen molar-refractivity contribution < 1.29 is 0 Å². The maximum absolute atomic E-state index is 5.23. The van der Waals surface area contributed by atoms with Gasteiger partial charge in [-0.1, -0.05) is 20.8 Å². The third kappa shape index (κ3) is 6.97. The molecule has 0 aromatic heterocycles. The normalized spacial score (nSPS) is 14.7. The van der Waals surface area contributed by atoms with Crippen LogP contribution >= 0.6 is 0 Å². The first kappa shape index (κ1) is 13.5.